The molecule has 1 unspecified atom stereocenters. The number of hydrogen-bond acceptors (Lipinski definition) is 2. The molecular weight excluding hydrogens is 258 g/mol. The van der Waals surface area contributed by atoms with E-state index in [1.807, 2.05) is 6.20 Å². The fraction of sp³-hybridized carbons (Fsp3) is 0.500. The van der Waals surface area contributed by atoms with Gasteiger partial charge in [-0.1, -0.05) is 25.1 Å². The summed E-state index contributed by atoms with van der Waals surface area (Å²) in [5.74, 6) is 0. The second-order valence-corrected chi connectivity index (χ2v) is 5.88. The van der Waals surface area contributed by atoms with Gasteiger partial charge in [0.25, 0.3) is 0 Å². The average Bonchev–Trinajstić information content (AvgIpc) is 3.08. The summed E-state index contributed by atoms with van der Waals surface area (Å²) in [6, 6.07) is 7.27. The SMILES string of the molecule is CCCNC1CCc2c(-c3cnn(CC)c3C)cccc21. The van der Waals surface area contributed by atoms with Crippen molar-refractivity contribution in [3.05, 3.63) is 41.2 Å². The van der Waals surface area contributed by atoms with E-state index < -0.39 is 0 Å². The van der Waals surface area contributed by atoms with Crippen LogP contribution in [0, 0.1) is 6.92 Å². The van der Waals surface area contributed by atoms with Crippen molar-refractivity contribution in [3.63, 3.8) is 0 Å². The van der Waals surface area contributed by atoms with Gasteiger partial charge in [-0.3, -0.25) is 4.68 Å². The molecule has 0 fully saturated rings. The highest BCUT2D eigenvalue weighted by atomic mass is 15.3. The molecule has 0 spiro atoms. The molecule has 1 heterocycles. The standard InChI is InChI=1S/C18H25N3/c1-4-11-19-18-10-9-15-14(7-6-8-16(15)18)17-12-20-21(5-2)13(17)3/h6-8,12,18-19H,4-5,9-11H2,1-3H3. The van der Waals surface area contributed by atoms with Crippen LogP contribution in [0.3, 0.4) is 0 Å². The average molecular weight is 283 g/mol. The number of aryl methyl sites for hydroxylation is 1. The Hall–Kier alpha value is -1.61. The van der Waals surface area contributed by atoms with E-state index >= 15 is 0 Å². The van der Waals surface area contributed by atoms with Gasteiger partial charge in [-0.05, 0) is 56.3 Å². The summed E-state index contributed by atoms with van der Waals surface area (Å²) < 4.78 is 2.08. The van der Waals surface area contributed by atoms with Gasteiger partial charge in [0.1, 0.15) is 0 Å². The van der Waals surface area contributed by atoms with Crippen molar-refractivity contribution in [2.24, 2.45) is 0 Å². The largest absolute Gasteiger partial charge is 0.310 e. The molecule has 0 saturated carbocycles. The van der Waals surface area contributed by atoms with Crippen molar-refractivity contribution < 1.29 is 0 Å². The van der Waals surface area contributed by atoms with Crippen LogP contribution in [0.2, 0.25) is 0 Å². The molecule has 21 heavy (non-hydrogen) atoms. The van der Waals surface area contributed by atoms with Crippen LogP contribution in [0.4, 0.5) is 0 Å². The van der Waals surface area contributed by atoms with Gasteiger partial charge in [-0.25, -0.2) is 0 Å². The maximum atomic E-state index is 4.51. The molecular formula is C18H25N3. The molecule has 0 radical (unpaired) electrons. The fourth-order valence-corrected chi connectivity index (χ4v) is 3.47. The summed E-state index contributed by atoms with van der Waals surface area (Å²) in [6.45, 7) is 8.57. The van der Waals surface area contributed by atoms with Gasteiger partial charge in [0, 0.05) is 23.8 Å². The van der Waals surface area contributed by atoms with Gasteiger partial charge >= 0.3 is 0 Å². The second-order valence-electron chi connectivity index (χ2n) is 5.88. The minimum absolute atomic E-state index is 0.529. The van der Waals surface area contributed by atoms with E-state index in [2.05, 4.69) is 54.1 Å². The Morgan fingerprint density at radius 3 is 2.86 bits per heavy atom. The van der Waals surface area contributed by atoms with Gasteiger partial charge in [0.15, 0.2) is 0 Å². The zero-order chi connectivity index (χ0) is 14.8. The van der Waals surface area contributed by atoms with E-state index in [1.54, 1.807) is 0 Å². The van der Waals surface area contributed by atoms with E-state index in [0.717, 1.165) is 13.1 Å². The zero-order valence-electron chi connectivity index (χ0n) is 13.3. The summed E-state index contributed by atoms with van der Waals surface area (Å²) in [6.07, 6.45) is 5.60. The highest BCUT2D eigenvalue weighted by molar-refractivity contribution is 5.71. The van der Waals surface area contributed by atoms with Gasteiger partial charge in [-0.2, -0.15) is 5.10 Å². The minimum atomic E-state index is 0.529. The normalized spacial score (nSPS) is 17.2. The summed E-state index contributed by atoms with van der Waals surface area (Å²) in [5, 5.41) is 8.18. The highest BCUT2D eigenvalue weighted by Gasteiger charge is 2.25. The Balaban J connectivity index is 1.98. The number of nitrogens with one attached hydrogen (secondary N) is 1. The molecule has 0 bridgehead atoms. The minimum Gasteiger partial charge on any atom is -0.310 e. The maximum Gasteiger partial charge on any atom is 0.0571 e. The lowest BCUT2D eigenvalue weighted by Crippen LogP contribution is -2.19. The smallest absolute Gasteiger partial charge is 0.0571 e. The molecule has 1 aliphatic rings. The molecule has 3 heteroatoms. The van der Waals surface area contributed by atoms with Crippen molar-refractivity contribution in [3.8, 4) is 11.1 Å². The van der Waals surface area contributed by atoms with E-state index in [0.29, 0.717) is 6.04 Å². The third-order valence-corrected chi connectivity index (χ3v) is 4.60. The third kappa shape index (κ3) is 2.51. The topological polar surface area (TPSA) is 29.9 Å². The molecule has 3 nitrogen and oxygen atoms in total. The lowest BCUT2D eigenvalue weighted by atomic mass is 9.97. The Labute approximate surface area is 127 Å². The molecule has 1 N–H and O–H groups in total. The predicted octanol–water partition coefficient (Wildman–Crippen LogP) is 3.87. The van der Waals surface area contributed by atoms with Gasteiger partial charge in [-0.15, -0.1) is 0 Å². The van der Waals surface area contributed by atoms with Crippen LogP contribution in [-0.4, -0.2) is 16.3 Å². The molecule has 1 aliphatic carbocycles. The first-order valence-electron chi connectivity index (χ1n) is 8.14. The molecule has 0 amide bonds. The quantitative estimate of drug-likeness (QED) is 0.903. The number of nitrogens with zero attached hydrogens (tertiary/aromatic N) is 2. The van der Waals surface area contributed by atoms with Crippen molar-refractivity contribution in [2.75, 3.05) is 6.54 Å². The summed E-state index contributed by atoms with van der Waals surface area (Å²) >= 11 is 0. The third-order valence-electron chi connectivity index (χ3n) is 4.60. The Morgan fingerprint density at radius 2 is 2.14 bits per heavy atom. The molecule has 2 aromatic rings. The second kappa shape index (κ2) is 6.02. The summed E-state index contributed by atoms with van der Waals surface area (Å²) in [4.78, 5) is 0. The van der Waals surface area contributed by atoms with Gasteiger partial charge < -0.3 is 5.32 Å². The summed E-state index contributed by atoms with van der Waals surface area (Å²) in [7, 11) is 0. The van der Waals surface area contributed by atoms with Crippen LogP contribution >= 0.6 is 0 Å². The molecule has 3 rings (SSSR count). The van der Waals surface area contributed by atoms with Crippen LogP contribution in [0.25, 0.3) is 11.1 Å². The lowest BCUT2D eigenvalue weighted by Gasteiger charge is -2.14. The van der Waals surface area contributed by atoms with Crippen molar-refractivity contribution in [2.45, 2.75) is 52.6 Å². The first-order valence-corrected chi connectivity index (χ1v) is 8.14. The summed E-state index contributed by atoms with van der Waals surface area (Å²) in [5.41, 5.74) is 6.96. The van der Waals surface area contributed by atoms with Crippen LogP contribution in [-0.2, 0) is 13.0 Å². The van der Waals surface area contributed by atoms with Gasteiger partial charge in [0.05, 0.1) is 6.20 Å². The first kappa shape index (κ1) is 14.3. The highest BCUT2D eigenvalue weighted by Crippen LogP contribution is 2.38. The van der Waals surface area contributed by atoms with Gasteiger partial charge in [0.2, 0.25) is 0 Å². The number of hydrogen-bond donors (Lipinski definition) is 1. The first-order chi connectivity index (χ1) is 10.3. The Bertz CT molecular complexity index is 627. The number of benzene rings is 1. The Morgan fingerprint density at radius 1 is 1.29 bits per heavy atom. The molecule has 112 valence electrons. The molecule has 0 aliphatic heterocycles. The van der Waals surface area contributed by atoms with E-state index in [4.69, 9.17) is 0 Å². The van der Waals surface area contributed by atoms with Crippen molar-refractivity contribution in [1.29, 1.82) is 0 Å². The van der Waals surface area contributed by atoms with E-state index in [9.17, 15) is 0 Å². The van der Waals surface area contributed by atoms with Crippen LogP contribution in [0.1, 0.15) is 49.6 Å². The molecule has 1 atom stereocenters. The lowest BCUT2D eigenvalue weighted by molar-refractivity contribution is 0.529. The Kier molecular flexibility index (Phi) is 4.11. The number of aromatic nitrogens is 2. The van der Waals surface area contributed by atoms with E-state index in [1.165, 1.54) is 47.2 Å². The number of rotatable bonds is 5. The molecule has 1 aromatic carbocycles. The molecule has 0 saturated heterocycles. The van der Waals surface area contributed by atoms with Crippen molar-refractivity contribution in [1.82, 2.24) is 15.1 Å². The fourth-order valence-electron chi connectivity index (χ4n) is 3.47. The van der Waals surface area contributed by atoms with Crippen LogP contribution in [0.5, 0.6) is 0 Å². The monoisotopic (exact) mass is 283 g/mol. The van der Waals surface area contributed by atoms with Crippen LogP contribution < -0.4 is 5.32 Å². The zero-order valence-corrected chi connectivity index (χ0v) is 13.3. The van der Waals surface area contributed by atoms with Crippen molar-refractivity contribution >= 4 is 0 Å². The predicted molar refractivity (Wildman–Crippen MR) is 87.4 cm³/mol. The molecule has 1 aromatic heterocycles. The van der Waals surface area contributed by atoms with Crippen LogP contribution in [0.15, 0.2) is 24.4 Å². The number of fused-ring (bicyclic) bond motifs is 1. The maximum absolute atomic E-state index is 4.51. The van der Waals surface area contributed by atoms with E-state index in [-0.39, 0.29) is 0 Å².